The van der Waals surface area contributed by atoms with E-state index in [2.05, 4.69) is 4.98 Å². The number of H-pyrrole nitrogens is 1. The summed E-state index contributed by atoms with van der Waals surface area (Å²) in [6, 6.07) is 15.2. The van der Waals surface area contributed by atoms with Crippen LogP contribution in [0, 0.1) is 6.92 Å². The third-order valence-corrected chi connectivity index (χ3v) is 6.42. The second-order valence-corrected chi connectivity index (χ2v) is 8.42. The van der Waals surface area contributed by atoms with Gasteiger partial charge in [0.25, 0.3) is 5.91 Å². The number of amides is 1. The molecule has 8 heteroatoms. The lowest BCUT2D eigenvalue weighted by Crippen LogP contribution is -2.45. The Morgan fingerprint density at radius 1 is 1.31 bits per heavy atom. The van der Waals surface area contributed by atoms with Crippen molar-refractivity contribution >= 4 is 27.8 Å². The van der Waals surface area contributed by atoms with E-state index in [9.17, 15) is 9.00 Å². The minimum Gasteiger partial charge on any atom is -0.491 e. The highest BCUT2D eigenvalue weighted by molar-refractivity contribution is 7.83. The lowest BCUT2D eigenvalue weighted by atomic mass is 10.2. The number of benzene rings is 2. The number of fused-ring (bicyclic) bond motifs is 1. The first-order chi connectivity index (χ1) is 14.0. The summed E-state index contributed by atoms with van der Waals surface area (Å²) in [7, 11) is -1.56. The van der Waals surface area contributed by atoms with Crippen LogP contribution in [0.3, 0.4) is 0 Å². The molecule has 1 aliphatic rings. The Labute approximate surface area is 171 Å². The fraction of sp³-hybridized carbons (Fsp3) is 0.286. The zero-order valence-electron chi connectivity index (χ0n) is 16.1. The highest BCUT2D eigenvalue weighted by Gasteiger charge is 2.30. The summed E-state index contributed by atoms with van der Waals surface area (Å²) in [5, 5.41) is 0.751. The lowest BCUT2D eigenvalue weighted by molar-refractivity contribution is -0.0237. The minimum atomic E-state index is -1.56. The molecule has 1 saturated heterocycles. The summed E-state index contributed by atoms with van der Waals surface area (Å²) in [5.74, 6) is 0.136. The summed E-state index contributed by atoms with van der Waals surface area (Å²) in [5.41, 5.74) is 7.50. The number of aromatic nitrogens is 1. The highest BCUT2D eigenvalue weighted by atomic mass is 32.2. The van der Waals surface area contributed by atoms with Gasteiger partial charge in [-0.15, -0.1) is 0 Å². The monoisotopic (exact) mass is 413 g/mol. The normalized spacial score (nSPS) is 18.6. The summed E-state index contributed by atoms with van der Waals surface area (Å²) in [6.07, 6.45) is -0.225. The van der Waals surface area contributed by atoms with E-state index in [1.54, 1.807) is 4.31 Å². The largest absolute Gasteiger partial charge is 0.491 e. The van der Waals surface area contributed by atoms with E-state index in [0.29, 0.717) is 31.2 Å². The first kappa shape index (κ1) is 19.6. The van der Waals surface area contributed by atoms with E-state index < -0.39 is 16.9 Å². The van der Waals surface area contributed by atoms with Gasteiger partial charge in [-0.05, 0) is 31.2 Å². The first-order valence-electron chi connectivity index (χ1n) is 9.41. The minimum absolute atomic E-state index is 0.188. The fourth-order valence-electron chi connectivity index (χ4n) is 3.41. The Balaban J connectivity index is 1.55. The number of morpholine rings is 1. The van der Waals surface area contributed by atoms with E-state index in [1.165, 1.54) is 0 Å². The number of carbonyl (C=O) groups excluding carboxylic acids is 1. The molecule has 3 aromatic rings. The molecule has 4 rings (SSSR count). The molecule has 1 aliphatic heterocycles. The van der Waals surface area contributed by atoms with Crippen LogP contribution in [0.15, 0.2) is 53.4 Å². The van der Waals surface area contributed by atoms with Gasteiger partial charge in [-0.1, -0.05) is 29.8 Å². The number of nitrogens with two attached hydrogens (primary N) is 1. The average Bonchev–Trinajstić information content (AvgIpc) is 3.11. The zero-order chi connectivity index (χ0) is 20.4. The van der Waals surface area contributed by atoms with Gasteiger partial charge in [-0.25, -0.2) is 8.51 Å². The third-order valence-electron chi connectivity index (χ3n) is 4.84. The van der Waals surface area contributed by atoms with Gasteiger partial charge in [0, 0.05) is 24.0 Å². The maximum atomic E-state index is 13.4. The molecule has 1 unspecified atom stereocenters. The molecule has 152 valence electrons. The van der Waals surface area contributed by atoms with Crippen LogP contribution in [0.2, 0.25) is 0 Å². The smallest absolute Gasteiger partial charge is 0.266 e. The molecule has 1 aromatic heterocycles. The summed E-state index contributed by atoms with van der Waals surface area (Å²) < 4.78 is 26.8. The van der Waals surface area contributed by atoms with Crippen molar-refractivity contribution < 1.29 is 18.5 Å². The van der Waals surface area contributed by atoms with Gasteiger partial charge >= 0.3 is 0 Å². The lowest BCUT2D eigenvalue weighted by Gasteiger charge is -2.31. The molecule has 3 N–H and O–H groups in total. The van der Waals surface area contributed by atoms with Gasteiger partial charge in [0.05, 0.1) is 11.5 Å². The molecule has 0 spiro atoms. The molecule has 2 heterocycles. The quantitative estimate of drug-likeness (QED) is 0.648. The maximum Gasteiger partial charge on any atom is 0.266 e. The summed E-state index contributed by atoms with van der Waals surface area (Å²) >= 11 is 0. The van der Waals surface area contributed by atoms with Gasteiger partial charge in [0.15, 0.2) is 0 Å². The van der Waals surface area contributed by atoms with Gasteiger partial charge in [-0.2, -0.15) is 0 Å². The SMILES string of the molecule is Cc1ccc2[nH]c(C(N)=O)c(S(=O)N3CCO[C@H](COc4ccccc4)C3)c2c1. The molecule has 0 bridgehead atoms. The van der Waals surface area contributed by atoms with E-state index in [0.717, 1.165) is 22.2 Å². The van der Waals surface area contributed by atoms with Crippen molar-refractivity contribution in [3.8, 4) is 5.75 Å². The number of primary amides is 1. The van der Waals surface area contributed by atoms with E-state index in [1.807, 2.05) is 55.5 Å². The van der Waals surface area contributed by atoms with Crippen molar-refractivity contribution in [2.24, 2.45) is 5.73 Å². The van der Waals surface area contributed by atoms with Crippen LogP contribution >= 0.6 is 0 Å². The molecular weight excluding hydrogens is 390 g/mol. The summed E-state index contributed by atoms with van der Waals surface area (Å²) in [6.45, 7) is 3.66. The van der Waals surface area contributed by atoms with Crippen LogP contribution in [-0.4, -0.2) is 51.8 Å². The Morgan fingerprint density at radius 2 is 2.10 bits per heavy atom. The molecule has 0 radical (unpaired) electrons. The number of nitrogens with one attached hydrogen (secondary N) is 1. The molecular formula is C21H23N3O4S. The fourth-order valence-corrected chi connectivity index (χ4v) is 4.90. The Bertz CT molecular complexity index is 1050. The van der Waals surface area contributed by atoms with Crippen molar-refractivity contribution in [1.82, 2.24) is 9.29 Å². The van der Waals surface area contributed by atoms with Crippen molar-refractivity contribution in [1.29, 1.82) is 0 Å². The second kappa shape index (κ2) is 8.36. The standard InChI is InChI=1S/C21H23N3O4S/c1-14-7-8-18-17(11-14)20(19(23-18)21(22)25)29(26)24-9-10-27-16(12-24)13-28-15-5-3-2-4-6-15/h2-8,11,16,23H,9-10,12-13H2,1H3,(H2,22,25)/t16-,29?/m0/s1. The predicted molar refractivity (Wildman–Crippen MR) is 111 cm³/mol. The molecule has 2 aromatic carbocycles. The zero-order valence-corrected chi connectivity index (χ0v) is 16.9. The molecule has 0 saturated carbocycles. The molecule has 0 aliphatic carbocycles. The molecule has 1 fully saturated rings. The Hall–Kier alpha value is -2.68. The van der Waals surface area contributed by atoms with E-state index in [4.69, 9.17) is 15.2 Å². The average molecular weight is 413 g/mol. The number of hydrogen-bond acceptors (Lipinski definition) is 4. The van der Waals surface area contributed by atoms with Gasteiger partial charge in [0.2, 0.25) is 0 Å². The van der Waals surface area contributed by atoms with Crippen molar-refractivity contribution in [2.75, 3.05) is 26.3 Å². The molecule has 1 amide bonds. The number of nitrogens with zero attached hydrogens (tertiary/aromatic N) is 1. The number of hydrogen-bond donors (Lipinski definition) is 2. The Kier molecular flexibility index (Phi) is 5.66. The molecule has 2 atom stereocenters. The van der Waals surface area contributed by atoms with Crippen molar-refractivity contribution in [2.45, 2.75) is 17.9 Å². The third kappa shape index (κ3) is 4.19. The number of ether oxygens (including phenoxy) is 2. The Morgan fingerprint density at radius 3 is 2.86 bits per heavy atom. The van der Waals surface area contributed by atoms with Crippen molar-refractivity contribution in [3.05, 3.63) is 59.8 Å². The van der Waals surface area contributed by atoms with Gasteiger partial charge < -0.3 is 20.2 Å². The van der Waals surface area contributed by atoms with Crippen LogP contribution in [0.1, 0.15) is 16.1 Å². The van der Waals surface area contributed by atoms with Gasteiger partial charge in [-0.3, -0.25) is 4.79 Å². The second-order valence-electron chi connectivity index (χ2n) is 7.00. The number of aryl methyl sites for hydroxylation is 1. The highest BCUT2D eigenvalue weighted by Crippen LogP contribution is 2.29. The number of carbonyl (C=O) groups is 1. The van der Waals surface area contributed by atoms with Crippen LogP contribution in [0.5, 0.6) is 5.75 Å². The number of rotatable bonds is 6. The number of para-hydroxylation sites is 1. The van der Waals surface area contributed by atoms with Crippen LogP contribution < -0.4 is 10.5 Å². The van der Waals surface area contributed by atoms with Crippen LogP contribution in [-0.2, 0) is 15.7 Å². The topological polar surface area (TPSA) is 97.7 Å². The predicted octanol–water partition coefficient (Wildman–Crippen LogP) is 2.38. The maximum absolute atomic E-state index is 13.4. The van der Waals surface area contributed by atoms with Crippen LogP contribution in [0.4, 0.5) is 0 Å². The van der Waals surface area contributed by atoms with Gasteiger partial charge in [0.1, 0.15) is 35.1 Å². The first-order valence-corrected chi connectivity index (χ1v) is 10.5. The molecule has 29 heavy (non-hydrogen) atoms. The number of aromatic amines is 1. The summed E-state index contributed by atoms with van der Waals surface area (Å²) in [4.78, 5) is 15.4. The van der Waals surface area contributed by atoms with E-state index >= 15 is 0 Å². The van der Waals surface area contributed by atoms with Crippen LogP contribution in [0.25, 0.3) is 10.9 Å². The van der Waals surface area contributed by atoms with E-state index in [-0.39, 0.29) is 11.8 Å². The van der Waals surface area contributed by atoms with Crippen molar-refractivity contribution in [3.63, 3.8) is 0 Å². The molecule has 7 nitrogen and oxygen atoms in total.